The number of benzene rings is 1. The average Bonchev–Trinajstić information content (AvgIpc) is 2.69. The number of nitrogens with zero attached hydrogens (tertiary/aromatic N) is 2. The fourth-order valence-corrected chi connectivity index (χ4v) is 3.49. The Morgan fingerprint density at radius 2 is 2.04 bits per heavy atom. The highest BCUT2D eigenvalue weighted by atomic mass is 16.2. The van der Waals surface area contributed by atoms with Crippen molar-refractivity contribution < 1.29 is 9.59 Å². The van der Waals surface area contributed by atoms with E-state index in [0.29, 0.717) is 30.9 Å². The van der Waals surface area contributed by atoms with Gasteiger partial charge in [-0.25, -0.2) is 4.98 Å². The molecule has 1 N–H and O–H groups in total. The molecule has 1 aliphatic heterocycles. The Bertz CT molecular complexity index is 860. The first-order valence-electron chi connectivity index (χ1n) is 9.42. The molecule has 1 aromatic carbocycles. The predicted octanol–water partition coefficient (Wildman–Crippen LogP) is 2.06. The summed E-state index contributed by atoms with van der Waals surface area (Å²) in [6.07, 6.45) is 4.35. The molecule has 1 saturated heterocycles. The second-order valence-corrected chi connectivity index (χ2v) is 7.13. The molecule has 0 spiro atoms. The summed E-state index contributed by atoms with van der Waals surface area (Å²) in [5.41, 5.74) is 1.24. The van der Waals surface area contributed by atoms with Crippen LogP contribution in [0.25, 0.3) is 0 Å². The minimum absolute atomic E-state index is 0.0214. The molecule has 1 amide bonds. The number of likely N-dealkylation sites (tertiary alicyclic amines) is 1. The second-order valence-electron chi connectivity index (χ2n) is 7.13. The number of ketones is 1. The molecule has 0 saturated carbocycles. The van der Waals surface area contributed by atoms with Crippen LogP contribution in [0.15, 0.2) is 41.3 Å². The number of aryl methyl sites for hydroxylation is 2. The molecule has 0 bridgehead atoms. The fraction of sp³-hybridized carbons (Fsp3) is 0.429. The van der Waals surface area contributed by atoms with Gasteiger partial charge in [0.2, 0.25) is 5.91 Å². The Morgan fingerprint density at radius 3 is 2.78 bits per heavy atom. The number of H-pyrrole nitrogens is 1. The van der Waals surface area contributed by atoms with E-state index in [1.165, 1.54) is 6.20 Å². The van der Waals surface area contributed by atoms with Gasteiger partial charge < -0.3 is 9.88 Å². The van der Waals surface area contributed by atoms with Gasteiger partial charge in [-0.3, -0.25) is 14.4 Å². The summed E-state index contributed by atoms with van der Waals surface area (Å²) >= 11 is 0. The van der Waals surface area contributed by atoms with Crippen molar-refractivity contribution in [2.45, 2.75) is 39.0 Å². The lowest BCUT2D eigenvalue weighted by atomic mass is 9.90. The van der Waals surface area contributed by atoms with Crippen molar-refractivity contribution in [3.63, 3.8) is 0 Å². The zero-order chi connectivity index (χ0) is 19.2. The molecule has 1 fully saturated rings. The summed E-state index contributed by atoms with van der Waals surface area (Å²) in [4.78, 5) is 45.5. The number of piperidine rings is 1. The van der Waals surface area contributed by atoms with Crippen molar-refractivity contribution in [2.24, 2.45) is 5.92 Å². The van der Waals surface area contributed by atoms with Crippen LogP contribution in [0.5, 0.6) is 0 Å². The maximum absolute atomic E-state index is 12.6. The summed E-state index contributed by atoms with van der Waals surface area (Å²) in [6, 6.07) is 9.96. The molecule has 2 heterocycles. The number of carbonyl (C=O) groups excluding carboxylic acids is 2. The van der Waals surface area contributed by atoms with E-state index in [2.05, 4.69) is 9.97 Å². The lowest BCUT2D eigenvalue weighted by Crippen LogP contribution is -2.43. The first kappa shape index (κ1) is 19.0. The Kier molecular flexibility index (Phi) is 6.16. The summed E-state index contributed by atoms with van der Waals surface area (Å²) in [6.45, 7) is 2.78. The topological polar surface area (TPSA) is 83.1 Å². The Hall–Kier alpha value is -2.76. The molecule has 0 aliphatic carbocycles. The molecular formula is C21H25N3O3. The number of aromatic nitrogens is 2. The molecule has 2 aromatic rings. The summed E-state index contributed by atoms with van der Waals surface area (Å²) in [7, 11) is 0. The number of rotatable bonds is 6. The van der Waals surface area contributed by atoms with E-state index in [4.69, 9.17) is 0 Å². The van der Waals surface area contributed by atoms with E-state index >= 15 is 0 Å². The largest absolute Gasteiger partial charge is 0.342 e. The molecule has 0 radical (unpaired) electrons. The number of amides is 1. The van der Waals surface area contributed by atoms with E-state index in [1.54, 1.807) is 11.8 Å². The molecule has 1 atom stereocenters. The van der Waals surface area contributed by atoms with Gasteiger partial charge >= 0.3 is 0 Å². The van der Waals surface area contributed by atoms with E-state index in [9.17, 15) is 14.4 Å². The zero-order valence-corrected chi connectivity index (χ0v) is 15.6. The van der Waals surface area contributed by atoms with Crippen LogP contribution in [-0.2, 0) is 22.4 Å². The van der Waals surface area contributed by atoms with E-state index in [1.807, 2.05) is 30.3 Å². The quantitative estimate of drug-likeness (QED) is 0.847. The van der Waals surface area contributed by atoms with Gasteiger partial charge in [-0.15, -0.1) is 0 Å². The van der Waals surface area contributed by atoms with Gasteiger partial charge in [-0.2, -0.15) is 0 Å². The van der Waals surface area contributed by atoms with Gasteiger partial charge in [0, 0.05) is 37.2 Å². The van der Waals surface area contributed by atoms with E-state index in [0.717, 1.165) is 24.8 Å². The molecule has 1 aromatic heterocycles. The van der Waals surface area contributed by atoms with Crippen LogP contribution in [0.1, 0.15) is 36.2 Å². The van der Waals surface area contributed by atoms with Crippen LogP contribution in [-0.4, -0.2) is 39.6 Å². The highest BCUT2D eigenvalue weighted by Gasteiger charge is 2.28. The lowest BCUT2D eigenvalue weighted by Gasteiger charge is -2.32. The van der Waals surface area contributed by atoms with Crippen molar-refractivity contribution in [2.75, 3.05) is 13.1 Å². The Labute approximate surface area is 158 Å². The summed E-state index contributed by atoms with van der Waals surface area (Å²) in [5, 5.41) is 0. The van der Waals surface area contributed by atoms with Gasteiger partial charge in [0.25, 0.3) is 5.56 Å². The standard InChI is InChI=1S/C21H25N3O3/c1-15-22-13-18(21(27)23-15)12-20(26)24-11-5-8-17(14-24)19(25)10-9-16-6-3-2-4-7-16/h2-4,6-7,13,17H,5,8-12,14H2,1H3,(H,22,23,27)/t17-/m0/s1. The van der Waals surface area contributed by atoms with Gasteiger partial charge in [0.05, 0.1) is 6.42 Å². The second kappa shape index (κ2) is 8.75. The molecular weight excluding hydrogens is 342 g/mol. The first-order chi connectivity index (χ1) is 13.0. The third-order valence-electron chi connectivity index (χ3n) is 5.07. The highest BCUT2D eigenvalue weighted by molar-refractivity contribution is 5.83. The van der Waals surface area contributed by atoms with Crippen molar-refractivity contribution in [3.05, 3.63) is 63.8 Å². The number of hydrogen-bond acceptors (Lipinski definition) is 4. The van der Waals surface area contributed by atoms with Crippen LogP contribution < -0.4 is 5.56 Å². The third-order valence-corrected chi connectivity index (χ3v) is 5.07. The van der Waals surface area contributed by atoms with E-state index in [-0.39, 0.29) is 29.6 Å². The number of hydrogen-bond donors (Lipinski definition) is 1. The van der Waals surface area contributed by atoms with Gasteiger partial charge in [0.15, 0.2) is 0 Å². The molecule has 6 heteroatoms. The van der Waals surface area contributed by atoms with Crippen LogP contribution in [0.3, 0.4) is 0 Å². The molecule has 1 aliphatic rings. The van der Waals surface area contributed by atoms with Crippen molar-refractivity contribution >= 4 is 11.7 Å². The van der Waals surface area contributed by atoms with Crippen molar-refractivity contribution in [3.8, 4) is 0 Å². The third kappa shape index (κ3) is 5.12. The molecule has 6 nitrogen and oxygen atoms in total. The minimum atomic E-state index is -0.275. The van der Waals surface area contributed by atoms with Crippen molar-refractivity contribution in [1.82, 2.24) is 14.9 Å². The molecule has 3 rings (SSSR count). The maximum Gasteiger partial charge on any atom is 0.254 e. The lowest BCUT2D eigenvalue weighted by molar-refractivity contribution is -0.134. The average molecular weight is 367 g/mol. The number of aromatic amines is 1. The molecule has 142 valence electrons. The van der Waals surface area contributed by atoms with Crippen LogP contribution in [0.4, 0.5) is 0 Å². The SMILES string of the molecule is Cc1ncc(CC(=O)N2CCC[C@H](C(=O)CCc3ccccc3)C2)c(=O)[nH]1. The summed E-state index contributed by atoms with van der Waals surface area (Å²) < 4.78 is 0. The Balaban J connectivity index is 1.55. The number of carbonyl (C=O) groups is 2. The number of Topliss-reactive ketones (excluding diaryl/α,β-unsaturated/α-hetero) is 1. The van der Waals surface area contributed by atoms with Gasteiger partial charge in [-0.05, 0) is 31.7 Å². The van der Waals surface area contributed by atoms with Gasteiger partial charge in [0.1, 0.15) is 11.6 Å². The van der Waals surface area contributed by atoms with Crippen LogP contribution in [0.2, 0.25) is 0 Å². The highest BCUT2D eigenvalue weighted by Crippen LogP contribution is 2.20. The monoisotopic (exact) mass is 367 g/mol. The molecule has 27 heavy (non-hydrogen) atoms. The van der Waals surface area contributed by atoms with Crippen molar-refractivity contribution in [1.29, 1.82) is 0 Å². The first-order valence-corrected chi connectivity index (χ1v) is 9.42. The smallest absolute Gasteiger partial charge is 0.254 e. The van der Waals surface area contributed by atoms with Gasteiger partial charge in [-0.1, -0.05) is 30.3 Å². The minimum Gasteiger partial charge on any atom is -0.342 e. The van der Waals surface area contributed by atoms with E-state index < -0.39 is 0 Å². The Morgan fingerprint density at radius 1 is 1.26 bits per heavy atom. The molecule has 0 unspecified atom stereocenters. The predicted molar refractivity (Wildman–Crippen MR) is 102 cm³/mol. The van der Waals surface area contributed by atoms with Crippen LogP contribution >= 0.6 is 0 Å². The fourth-order valence-electron chi connectivity index (χ4n) is 3.49. The van der Waals surface area contributed by atoms with Crippen LogP contribution in [0, 0.1) is 12.8 Å². The summed E-state index contributed by atoms with van der Waals surface area (Å²) in [5.74, 6) is 0.511. The number of nitrogens with one attached hydrogen (secondary N) is 1. The normalized spacial score (nSPS) is 16.9. The maximum atomic E-state index is 12.6. The zero-order valence-electron chi connectivity index (χ0n) is 15.6.